The summed E-state index contributed by atoms with van der Waals surface area (Å²) in [5.41, 5.74) is 21.0. The van der Waals surface area contributed by atoms with E-state index in [9.17, 15) is 5.21 Å². The van der Waals surface area contributed by atoms with Crippen LogP contribution in [0.25, 0.3) is 0 Å². The molecule has 0 saturated heterocycles. The smallest absolute Gasteiger partial charge is 0.322 e. The van der Waals surface area contributed by atoms with Gasteiger partial charge in [0, 0.05) is 0 Å². The summed E-state index contributed by atoms with van der Waals surface area (Å²) in [5.74, 6) is -0.358. The first-order valence-electron chi connectivity index (χ1n) is 2.73. The molecule has 7 heteroatoms. The number of nitrogens with zero attached hydrogens (tertiary/aromatic N) is 2. The van der Waals surface area contributed by atoms with E-state index in [0.717, 1.165) is 0 Å². The molecule has 1 rings (SSSR count). The molecule has 0 aliphatic carbocycles. The highest BCUT2D eigenvalue weighted by atomic mass is 16.5. The maximum absolute atomic E-state index is 10.7. The van der Waals surface area contributed by atoms with Crippen LogP contribution in [0.2, 0.25) is 0 Å². The molecule has 0 spiro atoms. The van der Waals surface area contributed by atoms with Gasteiger partial charge in [-0.05, 0) is 0 Å². The molecule has 0 radical (unpaired) electrons. The van der Waals surface area contributed by atoms with Gasteiger partial charge in [0.05, 0.1) is 0 Å². The summed E-state index contributed by atoms with van der Waals surface area (Å²) in [4.78, 5) is 0.126. The maximum atomic E-state index is 10.7. The van der Waals surface area contributed by atoms with Crippen molar-refractivity contribution in [3.05, 3.63) is 5.21 Å². The van der Waals surface area contributed by atoms with Gasteiger partial charge in [0.15, 0.2) is 11.5 Å². The molecule has 0 saturated carbocycles. The van der Waals surface area contributed by atoms with E-state index in [-0.39, 0.29) is 27.9 Å². The standard InChI is InChI=1S/C4H8N6O/c5-1-2(6)4(8)10(11)9-3(1)7/h5-6,8H2,(H2,7,9). The van der Waals surface area contributed by atoms with E-state index >= 15 is 0 Å². The number of nitrogens with two attached hydrogens (primary N) is 4. The lowest BCUT2D eigenvalue weighted by molar-refractivity contribution is -0.652. The predicted molar refractivity (Wildman–Crippen MR) is 40.8 cm³/mol. The van der Waals surface area contributed by atoms with Gasteiger partial charge in [0.1, 0.15) is 5.69 Å². The molecular formula is C4H8N6O. The van der Waals surface area contributed by atoms with E-state index in [2.05, 4.69) is 5.10 Å². The zero-order valence-electron chi connectivity index (χ0n) is 5.61. The van der Waals surface area contributed by atoms with Crippen molar-refractivity contribution < 1.29 is 4.85 Å². The number of nitrogen functional groups attached to an aromatic ring is 4. The minimum Gasteiger partial charge on any atom is -0.691 e. The van der Waals surface area contributed by atoms with Crippen molar-refractivity contribution >= 4 is 23.0 Å². The molecule has 0 aliphatic heterocycles. The van der Waals surface area contributed by atoms with Gasteiger partial charge < -0.3 is 22.4 Å². The van der Waals surface area contributed by atoms with Gasteiger partial charge in [-0.25, -0.2) is 0 Å². The first kappa shape index (κ1) is 7.19. The monoisotopic (exact) mass is 156 g/mol. The summed E-state index contributed by atoms with van der Waals surface area (Å²) < 4.78 is 0. The average Bonchev–Trinajstić information content (AvgIpc) is 1.97. The summed E-state index contributed by atoms with van der Waals surface area (Å²) >= 11 is 0. The van der Waals surface area contributed by atoms with Crippen molar-refractivity contribution in [2.45, 2.75) is 0 Å². The van der Waals surface area contributed by atoms with E-state index < -0.39 is 0 Å². The van der Waals surface area contributed by atoms with Crippen molar-refractivity contribution in [2.24, 2.45) is 0 Å². The van der Waals surface area contributed by atoms with Gasteiger partial charge in [-0.2, -0.15) is 0 Å². The predicted octanol–water partition coefficient (Wildman–Crippen LogP) is -1.96. The fourth-order valence-electron chi connectivity index (χ4n) is 0.585. The lowest BCUT2D eigenvalue weighted by Crippen LogP contribution is -2.37. The van der Waals surface area contributed by atoms with Gasteiger partial charge in [0.2, 0.25) is 0 Å². The topological polar surface area (TPSA) is 144 Å². The lowest BCUT2D eigenvalue weighted by atomic mass is 10.3. The third kappa shape index (κ3) is 0.914. The Labute approximate surface area is 62.2 Å². The molecule has 1 aromatic rings. The van der Waals surface area contributed by atoms with Crippen LogP contribution < -0.4 is 27.8 Å². The number of hydrogen-bond donors (Lipinski definition) is 4. The van der Waals surface area contributed by atoms with Gasteiger partial charge in [-0.15, -0.1) is 4.85 Å². The summed E-state index contributed by atoms with van der Waals surface area (Å²) in [5, 5.41) is 13.9. The third-order valence-electron chi connectivity index (χ3n) is 1.25. The van der Waals surface area contributed by atoms with Crippen LogP contribution in [0.15, 0.2) is 0 Å². The highest BCUT2D eigenvalue weighted by Gasteiger charge is 2.12. The zero-order valence-corrected chi connectivity index (χ0v) is 5.61. The van der Waals surface area contributed by atoms with Gasteiger partial charge in [0.25, 0.3) is 0 Å². The Balaban J connectivity index is 3.46. The minimum atomic E-state index is -0.239. The van der Waals surface area contributed by atoms with E-state index in [0.29, 0.717) is 0 Å². The van der Waals surface area contributed by atoms with Crippen molar-refractivity contribution in [1.82, 2.24) is 5.10 Å². The van der Waals surface area contributed by atoms with Crippen LogP contribution in [-0.4, -0.2) is 5.10 Å². The van der Waals surface area contributed by atoms with Crippen LogP contribution >= 0.6 is 0 Å². The molecule has 0 atom stereocenters. The maximum Gasteiger partial charge on any atom is 0.322 e. The number of anilines is 4. The second-order valence-electron chi connectivity index (χ2n) is 1.97. The lowest BCUT2D eigenvalue weighted by Gasteiger charge is -2.07. The van der Waals surface area contributed by atoms with E-state index in [1.54, 1.807) is 0 Å². The Kier molecular flexibility index (Phi) is 1.34. The summed E-state index contributed by atoms with van der Waals surface area (Å²) in [6, 6.07) is 0. The van der Waals surface area contributed by atoms with Crippen molar-refractivity contribution in [1.29, 1.82) is 0 Å². The van der Waals surface area contributed by atoms with E-state index in [1.165, 1.54) is 0 Å². The Morgan fingerprint density at radius 3 is 2.18 bits per heavy atom. The molecule has 60 valence electrons. The van der Waals surface area contributed by atoms with Crippen LogP contribution in [0.5, 0.6) is 0 Å². The Hall–Kier alpha value is -1.92. The highest BCUT2D eigenvalue weighted by Crippen LogP contribution is 2.21. The van der Waals surface area contributed by atoms with Crippen molar-refractivity contribution in [2.75, 3.05) is 22.9 Å². The Morgan fingerprint density at radius 1 is 1.09 bits per heavy atom. The van der Waals surface area contributed by atoms with E-state index in [1.807, 2.05) is 0 Å². The normalized spacial score (nSPS) is 9.82. The first-order chi connectivity index (χ1) is 5.04. The fraction of sp³-hybridized carbons (Fsp3) is 0. The van der Waals surface area contributed by atoms with Crippen LogP contribution in [0.4, 0.5) is 23.0 Å². The first-order valence-corrected chi connectivity index (χ1v) is 2.73. The van der Waals surface area contributed by atoms with Crippen molar-refractivity contribution in [3.8, 4) is 0 Å². The molecule has 0 aromatic carbocycles. The SMILES string of the molecule is Nc1n[n+]([O-])c(N)c(N)c1N. The van der Waals surface area contributed by atoms with E-state index in [4.69, 9.17) is 22.9 Å². The quantitative estimate of drug-likeness (QED) is 0.253. The molecule has 0 aliphatic rings. The molecule has 0 amide bonds. The highest BCUT2D eigenvalue weighted by molar-refractivity contribution is 5.79. The second-order valence-corrected chi connectivity index (χ2v) is 1.97. The number of rotatable bonds is 0. The van der Waals surface area contributed by atoms with Crippen LogP contribution in [0.1, 0.15) is 0 Å². The summed E-state index contributed by atoms with van der Waals surface area (Å²) in [7, 11) is 0. The summed E-state index contributed by atoms with van der Waals surface area (Å²) in [6.45, 7) is 0. The zero-order chi connectivity index (χ0) is 8.59. The molecule has 8 N–H and O–H groups in total. The largest absolute Gasteiger partial charge is 0.691 e. The van der Waals surface area contributed by atoms with Gasteiger partial charge in [-0.1, -0.05) is 5.10 Å². The molecule has 0 bridgehead atoms. The minimum absolute atomic E-state index is 0.0347. The van der Waals surface area contributed by atoms with Crippen LogP contribution in [0, 0.1) is 5.21 Å². The Morgan fingerprint density at radius 2 is 1.64 bits per heavy atom. The molecule has 0 unspecified atom stereocenters. The second kappa shape index (κ2) is 2.04. The van der Waals surface area contributed by atoms with Gasteiger partial charge >= 0.3 is 5.82 Å². The van der Waals surface area contributed by atoms with Crippen LogP contribution in [0.3, 0.4) is 0 Å². The number of hydrogen-bond acceptors (Lipinski definition) is 6. The molecule has 7 nitrogen and oxygen atoms in total. The molecule has 0 fully saturated rings. The summed E-state index contributed by atoms with van der Waals surface area (Å²) in [6.07, 6.45) is 0. The third-order valence-corrected chi connectivity index (χ3v) is 1.25. The molecule has 1 heterocycles. The average molecular weight is 156 g/mol. The van der Waals surface area contributed by atoms with Gasteiger partial charge in [-0.3, -0.25) is 5.73 Å². The molecule has 1 aromatic heterocycles. The molecule has 11 heavy (non-hydrogen) atoms. The van der Waals surface area contributed by atoms with Crippen LogP contribution in [-0.2, 0) is 0 Å². The Bertz CT molecular complexity index is 271. The molecular weight excluding hydrogens is 148 g/mol. The van der Waals surface area contributed by atoms with Crippen molar-refractivity contribution in [3.63, 3.8) is 0 Å². The number of aromatic nitrogens is 2. The fourth-order valence-corrected chi connectivity index (χ4v) is 0.585.